The number of esters is 1. The van der Waals surface area contributed by atoms with Gasteiger partial charge in [0.1, 0.15) is 11.5 Å². The Kier molecular flexibility index (Phi) is 7.27. The van der Waals surface area contributed by atoms with E-state index < -0.39 is 5.97 Å². The van der Waals surface area contributed by atoms with Gasteiger partial charge in [0.15, 0.2) is 0 Å². The molecule has 0 aliphatic heterocycles. The van der Waals surface area contributed by atoms with Crippen molar-refractivity contribution in [2.24, 2.45) is 5.10 Å². The molecule has 0 bridgehead atoms. The van der Waals surface area contributed by atoms with E-state index in [0.29, 0.717) is 29.2 Å². The standard InChI is InChI=1S/C23H21N3O4/c1-2-15-29-20-9-5-19(6-10-20)23(28)30-21-7-3-17(4-8-21)16-25-26-22(27)18-11-13-24-14-12-18/h3-14,16H,2,15H2,1H3,(H,26,27)/b25-16-. The van der Waals surface area contributed by atoms with Gasteiger partial charge in [-0.3, -0.25) is 9.78 Å². The van der Waals surface area contributed by atoms with Gasteiger partial charge in [-0.1, -0.05) is 6.92 Å². The molecule has 1 aromatic heterocycles. The summed E-state index contributed by atoms with van der Waals surface area (Å²) in [6.07, 6.45) is 5.49. The molecule has 0 spiro atoms. The first-order chi connectivity index (χ1) is 14.7. The molecule has 0 saturated carbocycles. The first kappa shape index (κ1) is 20.7. The summed E-state index contributed by atoms with van der Waals surface area (Å²) < 4.78 is 10.9. The van der Waals surface area contributed by atoms with Crippen LogP contribution in [0.2, 0.25) is 0 Å². The van der Waals surface area contributed by atoms with Crippen LogP contribution in [0, 0.1) is 0 Å². The highest BCUT2D eigenvalue weighted by Gasteiger charge is 2.09. The van der Waals surface area contributed by atoms with Gasteiger partial charge >= 0.3 is 5.97 Å². The molecule has 7 heteroatoms. The number of carbonyl (C=O) groups excluding carboxylic acids is 2. The summed E-state index contributed by atoms with van der Waals surface area (Å²) in [5, 5.41) is 3.92. The van der Waals surface area contributed by atoms with Crippen molar-refractivity contribution in [2.75, 3.05) is 6.61 Å². The van der Waals surface area contributed by atoms with E-state index in [2.05, 4.69) is 15.5 Å². The number of ether oxygens (including phenoxy) is 2. The molecule has 152 valence electrons. The predicted octanol–water partition coefficient (Wildman–Crippen LogP) is 3.85. The van der Waals surface area contributed by atoms with Crippen molar-refractivity contribution in [3.05, 3.63) is 89.7 Å². The van der Waals surface area contributed by atoms with Crippen molar-refractivity contribution in [2.45, 2.75) is 13.3 Å². The number of hydrazone groups is 1. The van der Waals surface area contributed by atoms with E-state index in [0.717, 1.165) is 12.0 Å². The molecule has 0 aliphatic carbocycles. The highest BCUT2D eigenvalue weighted by molar-refractivity contribution is 5.94. The number of hydrogen-bond acceptors (Lipinski definition) is 6. The normalized spacial score (nSPS) is 10.6. The van der Waals surface area contributed by atoms with Crippen LogP contribution in [0.3, 0.4) is 0 Å². The van der Waals surface area contributed by atoms with Crippen LogP contribution < -0.4 is 14.9 Å². The van der Waals surface area contributed by atoms with Crippen LogP contribution in [0.5, 0.6) is 11.5 Å². The number of amides is 1. The molecule has 3 aromatic rings. The highest BCUT2D eigenvalue weighted by Crippen LogP contribution is 2.16. The van der Waals surface area contributed by atoms with E-state index in [-0.39, 0.29) is 5.91 Å². The maximum Gasteiger partial charge on any atom is 0.343 e. The van der Waals surface area contributed by atoms with Crippen molar-refractivity contribution in [3.63, 3.8) is 0 Å². The van der Waals surface area contributed by atoms with Gasteiger partial charge in [-0.15, -0.1) is 0 Å². The first-order valence-corrected chi connectivity index (χ1v) is 9.44. The monoisotopic (exact) mass is 403 g/mol. The van der Waals surface area contributed by atoms with Gasteiger partial charge in [-0.05, 0) is 72.6 Å². The van der Waals surface area contributed by atoms with Gasteiger partial charge in [0, 0.05) is 18.0 Å². The average molecular weight is 403 g/mol. The maximum absolute atomic E-state index is 12.3. The van der Waals surface area contributed by atoms with Crippen molar-refractivity contribution < 1.29 is 19.1 Å². The number of pyridine rings is 1. The van der Waals surface area contributed by atoms with E-state index in [9.17, 15) is 9.59 Å². The van der Waals surface area contributed by atoms with Gasteiger partial charge in [-0.25, -0.2) is 10.2 Å². The van der Waals surface area contributed by atoms with E-state index in [1.807, 2.05) is 6.92 Å². The number of rotatable bonds is 8. The van der Waals surface area contributed by atoms with Crippen molar-refractivity contribution in [1.29, 1.82) is 0 Å². The van der Waals surface area contributed by atoms with Gasteiger partial charge in [0.05, 0.1) is 18.4 Å². The fourth-order valence-electron chi connectivity index (χ4n) is 2.43. The summed E-state index contributed by atoms with van der Waals surface area (Å²) in [6, 6.07) is 16.8. The molecule has 7 nitrogen and oxygen atoms in total. The molecular weight excluding hydrogens is 382 g/mol. The van der Waals surface area contributed by atoms with E-state index in [1.165, 1.54) is 18.6 Å². The predicted molar refractivity (Wildman–Crippen MR) is 113 cm³/mol. The summed E-state index contributed by atoms with van der Waals surface area (Å²) in [5.74, 6) is 0.339. The molecule has 1 amide bonds. The Morgan fingerprint density at radius 3 is 2.27 bits per heavy atom. The van der Waals surface area contributed by atoms with Crippen LogP contribution in [0.1, 0.15) is 39.6 Å². The highest BCUT2D eigenvalue weighted by atomic mass is 16.5. The zero-order valence-corrected chi connectivity index (χ0v) is 16.4. The molecule has 0 fully saturated rings. The number of nitrogens with one attached hydrogen (secondary N) is 1. The van der Waals surface area contributed by atoms with Crippen molar-refractivity contribution >= 4 is 18.1 Å². The third-order valence-electron chi connectivity index (χ3n) is 3.98. The third kappa shape index (κ3) is 6.00. The fourth-order valence-corrected chi connectivity index (χ4v) is 2.43. The molecule has 0 aliphatic rings. The third-order valence-corrected chi connectivity index (χ3v) is 3.98. The molecule has 0 saturated heterocycles. The number of hydrogen-bond donors (Lipinski definition) is 1. The zero-order chi connectivity index (χ0) is 21.2. The lowest BCUT2D eigenvalue weighted by Gasteiger charge is -2.07. The van der Waals surface area contributed by atoms with E-state index in [1.54, 1.807) is 60.7 Å². The molecule has 3 rings (SSSR count). The molecule has 0 atom stereocenters. The molecule has 30 heavy (non-hydrogen) atoms. The van der Waals surface area contributed by atoms with Crippen molar-refractivity contribution in [3.8, 4) is 11.5 Å². The van der Waals surface area contributed by atoms with Gasteiger partial charge in [0.25, 0.3) is 5.91 Å². The Morgan fingerprint density at radius 1 is 0.933 bits per heavy atom. The Morgan fingerprint density at radius 2 is 1.60 bits per heavy atom. The lowest BCUT2D eigenvalue weighted by molar-refractivity contribution is 0.0734. The Balaban J connectivity index is 1.52. The molecular formula is C23H21N3O4. The number of aromatic nitrogens is 1. The summed E-state index contributed by atoms with van der Waals surface area (Å²) in [5.41, 5.74) is 4.08. The van der Waals surface area contributed by atoms with Crippen LogP contribution >= 0.6 is 0 Å². The molecule has 1 N–H and O–H groups in total. The second-order valence-corrected chi connectivity index (χ2v) is 6.27. The SMILES string of the molecule is CCCOc1ccc(C(=O)Oc2ccc(/C=N\NC(=O)c3ccncc3)cc2)cc1. The minimum Gasteiger partial charge on any atom is -0.494 e. The molecule has 1 heterocycles. The Bertz CT molecular complexity index is 1000. The van der Waals surface area contributed by atoms with Crippen LogP contribution in [-0.2, 0) is 0 Å². The van der Waals surface area contributed by atoms with Crippen LogP contribution in [-0.4, -0.2) is 29.7 Å². The molecule has 0 radical (unpaired) electrons. The van der Waals surface area contributed by atoms with Gasteiger partial charge in [-0.2, -0.15) is 5.10 Å². The Labute approximate surface area is 174 Å². The zero-order valence-electron chi connectivity index (χ0n) is 16.4. The lowest BCUT2D eigenvalue weighted by Crippen LogP contribution is -2.17. The summed E-state index contributed by atoms with van der Waals surface area (Å²) in [6.45, 7) is 2.66. The maximum atomic E-state index is 12.3. The second-order valence-electron chi connectivity index (χ2n) is 6.27. The topological polar surface area (TPSA) is 89.9 Å². The van der Waals surface area contributed by atoms with Crippen LogP contribution in [0.25, 0.3) is 0 Å². The average Bonchev–Trinajstić information content (AvgIpc) is 2.79. The lowest BCUT2D eigenvalue weighted by atomic mass is 10.2. The van der Waals surface area contributed by atoms with E-state index in [4.69, 9.17) is 9.47 Å². The first-order valence-electron chi connectivity index (χ1n) is 9.44. The number of carbonyl (C=O) groups is 2. The second kappa shape index (κ2) is 10.5. The van der Waals surface area contributed by atoms with Gasteiger partial charge < -0.3 is 9.47 Å². The quantitative estimate of drug-likeness (QED) is 0.267. The summed E-state index contributed by atoms with van der Waals surface area (Å²) in [7, 11) is 0. The summed E-state index contributed by atoms with van der Waals surface area (Å²) in [4.78, 5) is 28.0. The van der Waals surface area contributed by atoms with Crippen LogP contribution in [0.15, 0.2) is 78.2 Å². The fraction of sp³-hybridized carbons (Fsp3) is 0.130. The summed E-state index contributed by atoms with van der Waals surface area (Å²) >= 11 is 0. The largest absolute Gasteiger partial charge is 0.494 e. The Hall–Kier alpha value is -4.00. The minimum atomic E-state index is -0.455. The number of benzene rings is 2. The van der Waals surface area contributed by atoms with E-state index >= 15 is 0 Å². The minimum absolute atomic E-state index is 0.328. The smallest absolute Gasteiger partial charge is 0.343 e. The van der Waals surface area contributed by atoms with Crippen molar-refractivity contribution in [1.82, 2.24) is 10.4 Å². The van der Waals surface area contributed by atoms with Crippen LogP contribution in [0.4, 0.5) is 0 Å². The number of nitrogens with zero attached hydrogens (tertiary/aromatic N) is 2. The molecule has 0 unspecified atom stereocenters. The molecule has 2 aromatic carbocycles. The van der Waals surface area contributed by atoms with Gasteiger partial charge in [0.2, 0.25) is 0 Å².